The summed E-state index contributed by atoms with van der Waals surface area (Å²) < 4.78 is 18.6. The van der Waals surface area contributed by atoms with Crippen molar-refractivity contribution in [3.63, 3.8) is 0 Å². The second kappa shape index (κ2) is 7.43. The highest BCUT2D eigenvalue weighted by atomic mass is 35.5. The number of ether oxygens (including phenoxy) is 1. The molecule has 21 heavy (non-hydrogen) atoms. The minimum absolute atomic E-state index is 0.200. The van der Waals surface area contributed by atoms with Gasteiger partial charge in [0.05, 0.1) is 12.1 Å². The van der Waals surface area contributed by atoms with Crippen LogP contribution in [0.1, 0.15) is 11.1 Å². The van der Waals surface area contributed by atoms with Crippen LogP contribution in [0.3, 0.4) is 0 Å². The number of hydrogen-bond donors (Lipinski definition) is 1. The molecule has 0 saturated carbocycles. The minimum Gasteiger partial charge on any atom is -0.497 e. The zero-order valence-corrected chi connectivity index (χ0v) is 12.7. The summed E-state index contributed by atoms with van der Waals surface area (Å²) in [5.41, 5.74) is 7.84. The van der Waals surface area contributed by atoms with Gasteiger partial charge in [-0.2, -0.15) is 0 Å². The van der Waals surface area contributed by atoms with E-state index in [2.05, 4.69) is 0 Å². The SMILES string of the molecule is COc1ccc(CC(CN)Cc2cccc(F)c2Cl)cc1. The number of methoxy groups -OCH3 is 1. The molecule has 0 fully saturated rings. The van der Waals surface area contributed by atoms with Crippen LogP contribution in [0.2, 0.25) is 5.02 Å². The van der Waals surface area contributed by atoms with Crippen LogP contribution in [0.15, 0.2) is 42.5 Å². The maximum absolute atomic E-state index is 13.5. The van der Waals surface area contributed by atoms with E-state index in [0.717, 1.165) is 17.7 Å². The van der Waals surface area contributed by atoms with Gasteiger partial charge in [-0.1, -0.05) is 35.9 Å². The van der Waals surface area contributed by atoms with Crippen molar-refractivity contribution < 1.29 is 9.13 Å². The van der Waals surface area contributed by atoms with Gasteiger partial charge in [0, 0.05) is 0 Å². The molecule has 0 aliphatic heterocycles. The normalized spacial score (nSPS) is 12.2. The molecule has 0 saturated heterocycles. The molecule has 4 heteroatoms. The van der Waals surface area contributed by atoms with Crippen molar-refractivity contribution >= 4 is 11.6 Å². The lowest BCUT2D eigenvalue weighted by Gasteiger charge is -2.16. The fourth-order valence-corrected chi connectivity index (χ4v) is 2.55. The van der Waals surface area contributed by atoms with Crippen molar-refractivity contribution in [3.8, 4) is 5.75 Å². The number of hydrogen-bond acceptors (Lipinski definition) is 2. The monoisotopic (exact) mass is 307 g/mol. The van der Waals surface area contributed by atoms with E-state index in [9.17, 15) is 4.39 Å². The lowest BCUT2D eigenvalue weighted by molar-refractivity contribution is 0.414. The van der Waals surface area contributed by atoms with Gasteiger partial charge in [-0.25, -0.2) is 4.39 Å². The smallest absolute Gasteiger partial charge is 0.142 e. The molecule has 112 valence electrons. The third-order valence-corrected chi connectivity index (χ3v) is 3.98. The van der Waals surface area contributed by atoms with Gasteiger partial charge in [-0.15, -0.1) is 0 Å². The minimum atomic E-state index is -0.380. The molecule has 0 spiro atoms. The van der Waals surface area contributed by atoms with E-state index >= 15 is 0 Å². The summed E-state index contributed by atoms with van der Waals surface area (Å²) in [5.74, 6) is 0.670. The van der Waals surface area contributed by atoms with Crippen LogP contribution < -0.4 is 10.5 Å². The molecule has 0 radical (unpaired) electrons. The lowest BCUT2D eigenvalue weighted by atomic mass is 9.92. The van der Waals surface area contributed by atoms with Gasteiger partial charge in [-0.05, 0) is 54.6 Å². The first-order valence-corrected chi connectivity index (χ1v) is 7.27. The quantitative estimate of drug-likeness (QED) is 0.880. The predicted molar refractivity (Wildman–Crippen MR) is 84.4 cm³/mol. The molecule has 0 aliphatic rings. The summed E-state index contributed by atoms with van der Waals surface area (Å²) in [4.78, 5) is 0. The van der Waals surface area contributed by atoms with E-state index in [1.807, 2.05) is 30.3 Å². The Morgan fingerprint density at radius 2 is 1.86 bits per heavy atom. The van der Waals surface area contributed by atoms with Gasteiger partial charge in [-0.3, -0.25) is 0 Å². The fraction of sp³-hybridized carbons (Fsp3) is 0.294. The summed E-state index contributed by atoms with van der Waals surface area (Å²) in [6.07, 6.45) is 1.49. The Kier molecular flexibility index (Phi) is 5.59. The predicted octanol–water partition coefficient (Wildman–Crippen LogP) is 3.85. The van der Waals surface area contributed by atoms with E-state index < -0.39 is 0 Å². The highest BCUT2D eigenvalue weighted by Crippen LogP contribution is 2.24. The molecule has 2 aromatic carbocycles. The Balaban J connectivity index is 2.07. The van der Waals surface area contributed by atoms with E-state index in [0.29, 0.717) is 13.0 Å². The number of halogens is 2. The highest BCUT2D eigenvalue weighted by Gasteiger charge is 2.13. The molecular weight excluding hydrogens is 289 g/mol. The molecule has 0 bridgehead atoms. The molecule has 1 unspecified atom stereocenters. The van der Waals surface area contributed by atoms with Crippen molar-refractivity contribution in [1.82, 2.24) is 0 Å². The molecule has 0 aliphatic carbocycles. The van der Waals surface area contributed by atoms with Crippen LogP contribution in [0.25, 0.3) is 0 Å². The Labute approximate surface area is 129 Å². The summed E-state index contributed by atoms with van der Waals surface area (Å²) in [6.45, 7) is 0.527. The average molecular weight is 308 g/mol. The zero-order chi connectivity index (χ0) is 15.2. The van der Waals surface area contributed by atoms with Crippen LogP contribution in [0.4, 0.5) is 4.39 Å². The topological polar surface area (TPSA) is 35.2 Å². The van der Waals surface area contributed by atoms with Crippen molar-refractivity contribution in [2.75, 3.05) is 13.7 Å². The number of rotatable bonds is 6. The van der Waals surface area contributed by atoms with Crippen LogP contribution in [0, 0.1) is 11.7 Å². The van der Waals surface area contributed by atoms with E-state index in [1.54, 1.807) is 13.2 Å². The number of benzene rings is 2. The zero-order valence-electron chi connectivity index (χ0n) is 12.0. The van der Waals surface area contributed by atoms with Crippen LogP contribution >= 0.6 is 11.6 Å². The van der Waals surface area contributed by atoms with Gasteiger partial charge in [0.1, 0.15) is 11.6 Å². The van der Waals surface area contributed by atoms with Gasteiger partial charge < -0.3 is 10.5 Å². The first kappa shape index (κ1) is 15.8. The first-order valence-electron chi connectivity index (χ1n) is 6.90. The van der Waals surface area contributed by atoms with Gasteiger partial charge in [0.2, 0.25) is 0 Å². The molecule has 0 aromatic heterocycles. The van der Waals surface area contributed by atoms with Gasteiger partial charge in [0.25, 0.3) is 0 Å². The Bertz CT molecular complexity index is 586. The molecule has 2 rings (SSSR count). The van der Waals surface area contributed by atoms with E-state index in [-0.39, 0.29) is 16.8 Å². The van der Waals surface area contributed by atoms with Gasteiger partial charge >= 0.3 is 0 Å². The summed E-state index contributed by atoms with van der Waals surface area (Å²) in [7, 11) is 1.64. The molecule has 1 atom stereocenters. The third-order valence-electron chi connectivity index (χ3n) is 3.56. The van der Waals surface area contributed by atoms with Crippen molar-refractivity contribution in [2.45, 2.75) is 12.8 Å². The van der Waals surface area contributed by atoms with E-state index in [1.165, 1.54) is 11.6 Å². The number of nitrogens with two attached hydrogens (primary N) is 1. The highest BCUT2D eigenvalue weighted by molar-refractivity contribution is 6.31. The molecule has 2 N–H and O–H groups in total. The maximum atomic E-state index is 13.5. The molecule has 2 aromatic rings. The Morgan fingerprint density at radius 3 is 2.48 bits per heavy atom. The maximum Gasteiger partial charge on any atom is 0.142 e. The van der Waals surface area contributed by atoms with Gasteiger partial charge in [0.15, 0.2) is 0 Å². The van der Waals surface area contributed by atoms with Crippen molar-refractivity contribution in [2.24, 2.45) is 11.7 Å². The van der Waals surface area contributed by atoms with Crippen LogP contribution in [-0.4, -0.2) is 13.7 Å². The van der Waals surface area contributed by atoms with Crippen LogP contribution in [0.5, 0.6) is 5.75 Å². The summed E-state index contributed by atoms with van der Waals surface area (Å²) in [5, 5.41) is 0.200. The standard InChI is InChI=1S/C17H19ClFNO/c1-21-15-7-5-12(6-8-15)9-13(11-20)10-14-3-2-4-16(19)17(14)18/h2-8,13H,9-11,20H2,1H3. The van der Waals surface area contributed by atoms with Crippen molar-refractivity contribution in [3.05, 3.63) is 64.4 Å². The largest absolute Gasteiger partial charge is 0.497 e. The Hall–Kier alpha value is -1.58. The first-order chi connectivity index (χ1) is 10.1. The molecule has 2 nitrogen and oxygen atoms in total. The van der Waals surface area contributed by atoms with Crippen LogP contribution in [-0.2, 0) is 12.8 Å². The fourth-order valence-electron chi connectivity index (χ4n) is 2.35. The molecular formula is C17H19ClFNO. The average Bonchev–Trinajstić information content (AvgIpc) is 2.51. The van der Waals surface area contributed by atoms with E-state index in [4.69, 9.17) is 22.1 Å². The second-order valence-electron chi connectivity index (χ2n) is 5.07. The molecule has 0 amide bonds. The molecule has 0 heterocycles. The third kappa shape index (κ3) is 4.19. The Morgan fingerprint density at radius 1 is 1.14 bits per heavy atom. The van der Waals surface area contributed by atoms with Crippen molar-refractivity contribution in [1.29, 1.82) is 0 Å². The summed E-state index contributed by atoms with van der Waals surface area (Å²) in [6, 6.07) is 12.8. The summed E-state index contributed by atoms with van der Waals surface area (Å²) >= 11 is 6.00. The second-order valence-corrected chi connectivity index (χ2v) is 5.45. The lowest BCUT2D eigenvalue weighted by Crippen LogP contribution is -2.19.